The molecule has 0 N–H and O–H groups in total. The van der Waals surface area contributed by atoms with Gasteiger partial charge in [0.05, 0.1) is 0 Å². The number of rotatable bonds is 9. The van der Waals surface area contributed by atoms with Crippen molar-refractivity contribution in [3.05, 3.63) is 65.2 Å². The van der Waals surface area contributed by atoms with E-state index in [0.29, 0.717) is 0 Å². The topological polar surface area (TPSA) is 42.1 Å². The lowest BCUT2D eigenvalue weighted by Gasteiger charge is -2.19. The Kier molecular flexibility index (Phi) is 6.98. The first-order valence-corrected chi connectivity index (χ1v) is 10.1. The van der Waals surface area contributed by atoms with Crippen molar-refractivity contribution in [2.24, 2.45) is 7.05 Å². The van der Waals surface area contributed by atoms with Crippen molar-refractivity contribution in [1.82, 2.24) is 19.3 Å². The number of halogens is 1. The second-order valence-corrected chi connectivity index (χ2v) is 7.47. The van der Waals surface area contributed by atoms with Crippen LogP contribution in [-0.4, -0.2) is 46.5 Å². The van der Waals surface area contributed by atoms with Crippen LogP contribution in [0.1, 0.15) is 12.2 Å². The zero-order chi connectivity index (χ0) is 20.8. The van der Waals surface area contributed by atoms with E-state index in [1.807, 2.05) is 35.5 Å². The van der Waals surface area contributed by atoms with Crippen LogP contribution in [0.4, 0.5) is 15.8 Å². The van der Waals surface area contributed by atoms with Gasteiger partial charge in [0.2, 0.25) is 0 Å². The molecule has 3 rings (SSSR count). The van der Waals surface area contributed by atoms with Gasteiger partial charge >= 0.3 is 0 Å². The maximum Gasteiger partial charge on any atom is 0.197 e. The van der Waals surface area contributed by atoms with Gasteiger partial charge in [-0.2, -0.15) is 5.10 Å². The van der Waals surface area contributed by atoms with Crippen LogP contribution in [0.2, 0.25) is 0 Å². The maximum atomic E-state index is 13.1. The number of aromatic nitrogens is 4. The molecule has 2 heterocycles. The van der Waals surface area contributed by atoms with Crippen LogP contribution in [0.5, 0.6) is 0 Å². The van der Waals surface area contributed by atoms with Gasteiger partial charge in [-0.1, -0.05) is 0 Å². The Hall–Kier alpha value is -2.74. The fourth-order valence-corrected chi connectivity index (χ4v) is 3.41. The van der Waals surface area contributed by atoms with E-state index in [9.17, 15) is 4.39 Å². The Morgan fingerprint density at radius 1 is 0.966 bits per heavy atom. The smallest absolute Gasteiger partial charge is 0.197 e. The first-order chi connectivity index (χ1) is 14.0. The van der Waals surface area contributed by atoms with Crippen molar-refractivity contribution in [2.75, 3.05) is 37.0 Å². The van der Waals surface area contributed by atoms with Crippen LogP contribution in [0.3, 0.4) is 0 Å². The highest BCUT2D eigenvalue weighted by Gasteiger charge is 2.10. The zero-order valence-corrected chi connectivity index (χ0v) is 17.9. The van der Waals surface area contributed by atoms with Gasteiger partial charge < -0.3 is 14.4 Å². The van der Waals surface area contributed by atoms with Gasteiger partial charge in [0.15, 0.2) is 4.77 Å². The molecule has 154 valence electrons. The van der Waals surface area contributed by atoms with E-state index in [4.69, 9.17) is 17.3 Å². The molecule has 0 fully saturated rings. The summed E-state index contributed by atoms with van der Waals surface area (Å²) in [4.78, 5) is 8.34. The number of aryl methyl sites for hydroxylation is 1. The third-order valence-corrected chi connectivity index (χ3v) is 5.52. The molecule has 0 amide bonds. The number of hydrogen-bond acceptors (Lipinski definition) is 5. The molecule has 0 saturated carbocycles. The standard InChI is InChI=1S/C21H27FN6S/c1-25(19-9-12-23-13-10-19)14-4-15-28-21(29)27(3)20(24-28)11-16-26(2)18-7-5-17(22)6-8-18/h5-10,12-13H,4,11,14-16H2,1-3H3. The van der Waals surface area contributed by atoms with Gasteiger partial charge in [-0.05, 0) is 55.0 Å². The van der Waals surface area contributed by atoms with Gasteiger partial charge in [0, 0.05) is 71.0 Å². The van der Waals surface area contributed by atoms with Crippen molar-refractivity contribution < 1.29 is 4.39 Å². The SMILES string of the molecule is CN(CCCn1nc(CCN(C)c2ccc(F)cc2)n(C)c1=S)c1ccncc1. The molecule has 1 aromatic carbocycles. The molecule has 0 aliphatic rings. The third kappa shape index (κ3) is 5.41. The Morgan fingerprint density at radius 3 is 2.28 bits per heavy atom. The first kappa shape index (κ1) is 21.0. The monoisotopic (exact) mass is 414 g/mol. The summed E-state index contributed by atoms with van der Waals surface area (Å²) in [5.41, 5.74) is 2.13. The maximum absolute atomic E-state index is 13.1. The lowest BCUT2D eigenvalue weighted by molar-refractivity contribution is 0.563. The second-order valence-electron chi connectivity index (χ2n) is 7.11. The number of pyridine rings is 1. The van der Waals surface area contributed by atoms with E-state index >= 15 is 0 Å². The second kappa shape index (κ2) is 9.65. The number of likely N-dealkylation sites (N-methyl/N-ethyl adjacent to an activating group) is 1. The summed E-state index contributed by atoms with van der Waals surface area (Å²) in [7, 11) is 6.03. The van der Waals surface area contributed by atoms with E-state index in [0.717, 1.165) is 54.4 Å². The summed E-state index contributed by atoms with van der Waals surface area (Å²) < 4.78 is 17.7. The predicted octanol–water partition coefficient (Wildman–Crippen LogP) is 3.69. The fraction of sp³-hybridized carbons (Fsp3) is 0.381. The minimum absolute atomic E-state index is 0.224. The van der Waals surface area contributed by atoms with Gasteiger partial charge in [0.1, 0.15) is 11.6 Å². The van der Waals surface area contributed by atoms with Crippen LogP contribution in [0, 0.1) is 10.6 Å². The molecule has 0 radical (unpaired) electrons. The van der Waals surface area contributed by atoms with Crippen molar-refractivity contribution in [3.63, 3.8) is 0 Å². The minimum Gasteiger partial charge on any atom is -0.374 e. The van der Waals surface area contributed by atoms with E-state index in [-0.39, 0.29) is 5.82 Å². The number of benzene rings is 1. The average molecular weight is 415 g/mol. The summed E-state index contributed by atoms with van der Waals surface area (Å²) in [5, 5.41) is 4.72. The summed E-state index contributed by atoms with van der Waals surface area (Å²) in [6.07, 6.45) is 5.31. The van der Waals surface area contributed by atoms with Crippen LogP contribution >= 0.6 is 12.2 Å². The third-order valence-electron chi connectivity index (χ3n) is 5.04. The number of nitrogens with zero attached hydrogens (tertiary/aromatic N) is 6. The average Bonchev–Trinajstić information content (AvgIpc) is 3.01. The summed E-state index contributed by atoms with van der Waals surface area (Å²) >= 11 is 5.56. The summed E-state index contributed by atoms with van der Waals surface area (Å²) in [5.74, 6) is 0.726. The predicted molar refractivity (Wildman–Crippen MR) is 118 cm³/mol. The van der Waals surface area contributed by atoms with Crippen LogP contribution < -0.4 is 9.80 Å². The highest BCUT2D eigenvalue weighted by atomic mass is 32.1. The Labute approximate surface area is 176 Å². The summed E-state index contributed by atoms with van der Waals surface area (Å²) in [6, 6.07) is 10.5. The summed E-state index contributed by atoms with van der Waals surface area (Å²) in [6.45, 7) is 2.46. The molecule has 0 aliphatic heterocycles. The number of anilines is 2. The molecule has 29 heavy (non-hydrogen) atoms. The first-order valence-electron chi connectivity index (χ1n) is 9.66. The molecule has 0 unspecified atom stereocenters. The molecule has 0 spiro atoms. The molecule has 6 nitrogen and oxygen atoms in total. The fourth-order valence-electron chi connectivity index (χ4n) is 3.17. The van der Waals surface area contributed by atoms with E-state index in [2.05, 4.69) is 21.8 Å². The highest BCUT2D eigenvalue weighted by molar-refractivity contribution is 7.71. The van der Waals surface area contributed by atoms with Gasteiger partial charge in [-0.3, -0.25) is 4.98 Å². The van der Waals surface area contributed by atoms with Crippen LogP contribution in [0.15, 0.2) is 48.8 Å². The van der Waals surface area contributed by atoms with E-state index in [1.54, 1.807) is 24.5 Å². The Morgan fingerprint density at radius 2 is 1.59 bits per heavy atom. The van der Waals surface area contributed by atoms with Crippen LogP contribution in [-0.2, 0) is 20.0 Å². The van der Waals surface area contributed by atoms with E-state index < -0.39 is 0 Å². The molecule has 8 heteroatoms. The van der Waals surface area contributed by atoms with E-state index in [1.165, 1.54) is 12.1 Å². The molecule has 2 aromatic heterocycles. The normalized spacial score (nSPS) is 10.9. The van der Waals surface area contributed by atoms with Crippen molar-refractivity contribution in [2.45, 2.75) is 19.4 Å². The lowest BCUT2D eigenvalue weighted by atomic mass is 10.2. The zero-order valence-electron chi connectivity index (χ0n) is 17.1. The molecule has 0 bridgehead atoms. The minimum atomic E-state index is -0.224. The van der Waals surface area contributed by atoms with Crippen molar-refractivity contribution in [3.8, 4) is 0 Å². The quantitative estimate of drug-likeness (QED) is 0.500. The van der Waals surface area contributed by atoms with Crippen molar-refractivity contribution in [1.29, 1.82) is 0 Å². The van der Waals surface area contributed by atoms with Crippen LogP contribution in [0.25, 0.3) is 0 Å². The van der Waals surface area contributed by atoms with Gasteiger partial charge in [-0.25, -0.2) is 9.07 Å². The number of hydrogen-bond donors (Lipinski definition) is 0. The van der Waals surface area contributed by atoms with Gasteiger partial charge in [0.25, 0.3) is 0 Å². The largest absolute Gasteiger partial charge is 0.374 e. The molecule has 3 aromatic rings. The Balaban J connectivity index is 1.55. The molecule has 0 aliphatic carbocycles. The highest BCUT2D eigenvalue weighted by Crippen LogP contribution is 2.14. The van der Waals surface area contributed by atoms with Crippen molar-refractivity contribution >= 4 is 23.6 Å². The Bertz CT molecular complexity index is 967. The molecule has 0 atom stereocenters. The molecular formula is C21H27FN6S. The lowest BCUT2D eigenvalue weighted by Crippen LogP contribution is -2.21. The molecule has 0 saturated heterocycles. The molecular weight excluding hydrogens is 387 g/mol. The van der Waals surface area contributed by atoms with Gasteiger partial charge in [-0.15, -0.1) is 0 Å².